The van der Waals surface area contributed by atoms with Gasteiger partial charge in [-0.3, -0.25) is 14.1 Å². The number of thiazole rings is 1. The standard InChI is InChI=1S/C27H35N9O10S2/c1-27(2)22(24(38)36(27)46-48(41,42)43)32-23(37)21(19-15-47-26(30)31-19)33-45-20(25(39)40)14-44-18-6-4-16(5-7-18)17-12-34(10-3-8-28)35(13-17)11-9-29/h4-7,12-13,15,20,22H,3,8-11,14,28-29H2,1-2H3,(H4-,30,31,32,37,39,40,41,42,43)/p+1/b33-21-/t20?,22-/m1/s1. The highest BCUT2D eigenvalue weighted by Gasteiger charge is 2.58. The number of carboxylic acids is 1. The molecule has 1 aliphatic heterocycles. The van der Waals surface area contributed by atoms with Crippen LogP contribution < -0.4 is 31.9 Å². The molecule has 260 valence electrons. The van der Waals surface area contributed by atoms with Gasteiger partial charge in [0.05, 0.1) is 23.8 Å². The Labute approximate surface area is 278 Å². The monoisotopic (exact) mass is 710 g/mol. The Morgan fingerprint density at radius 1 is 1.21 bits per heavy atom. The Hall–Kier alpha value is -4.67. The van der Waals surface area contributed by atoms with E-state index in [4.69, 9.17) is 31.3 Å². The van der Waals surface area contributed by atoms with Gasteiger partial charge in [-0.1, -0.05) is 17.3 Å². The first kappa shape index (κ1) is 36.2. The molecule has 2 aromatic heterocycles. The number of hydroxylamine groups is 2. The first-order chi connectivity index (χ1) is 22.6. The Balaban J connectivity index is 1.45. The van der Waals surface area contributed by atoms with Gasteiger partial charge in [-0.25, -0.2) is 9.78 Å². The fraction of sp³-hybridized carbons (Fsp3) is 0.407. The number of carbonyl (C=O) groups excluding carboxylic acids is 2. The quantitative estimate of drug-likeness (QED) is 0.0318. The number of nitrogen functional groups attached to an aromatic ring is 1. The molecule has 4 rings (SSSR count). The highest BCUT2D eigenvalue weighted by molar-refractivity contribution is 7.80. The molecule has 0 radical (unpaired) electrons. The van der Waals surface area contributed by atoms with Gasteiger partial charge in [0.2, 0.25) is 6.20 Å². The third-order valence-corrected chi connectivity index (χ3v) is 8.10. The van der Waals surface area contributed by atoms with Crippen molar-refractivity contribution in [3.63, 3.8) is 0 Å². The molecule has 19 nitrogen and oxygen atoms in total. The number of β-lactam (4-membered cyclic amide) rings is 1. The van der Waals surface area contributed by atoms with E-state index in [2.05, 4.69) is 19.7 Å². The highest BCUT2D eigenvalue weighted by Crippen LogP contribution is 2.33. The van der Waals surface area contributed by atoms with Crippen LogP contribution in [0.1, 0.15) is 26.0 Å². The van der Waals surface area contributed by atoms with Gasteiger partial charge >= 0.3 is 16.4 Å². The molecule has 1 saturated heterocycles. The Kier molecular flexibility index (Phi) is 11.3. The van der Waals surface area contributed by atoms with E-state index in [1.54, 1.807) is 24.3 Å². The molecule has 1 unspecified atom stereocenters. The minimum absolute atomic E-state index is 0.0566. The van der Waals surface area contributed by atoms with Gasteiger partial charge in [0, 0.05) is 18.3 Å². The maximum Gasteiger partial charge on any atom is 0.418 e. The number of aryl methyl sites for hydroxylation is 1. The van der Waals surface area contributed by atoms with Crippen molar-refractivity contribution in [1.29, 1.82) is 0 Å². The predicted molar refractivity (Wildman–Crippen MR) is 169 cm³/mol. The second kappa shape index (κ2) is 15.0. The lowest BCUT2D eigenvalue weighted by atomic mass is 9.84. The normalized spacial score (nSPS) is 16.7. The highest BCUT2D eigenvalue weighted by atomic mass is 32.3. The number of hydrogen-bond acceptors (Lipinski definition) is 14. The number of carboxylic acid groups (broad SMARTS) is 1. The van der Waals surface area contributed by atoms with Gasteiger partial charge in [0.15, 0.2) is 17.4 Å². The largest absolute Gasteiger partial charge is 0.489 e. The second-order valence-corrected chi connectivity index (χ2v) is 12.8. The lowest BCUT2D eigenvalue weighted by Gasteiger charge is -2.50. The fourth-order valence-corrected chi connectivity index (χ4v) is 5.62. The molecule has 0 spiro atoms. The average molecular weight is 711 g/mol. The smallest absolute Gasteiger partial charge is 0.418 e. The van der Waals surface area contributed by atoms with Gasteiger partial charge in [-0.05, 0) is 38.1 Å². The summed E-state index contributed by atoms with van der Waals surface area (Å²) in [6.45, 7) is 4.60. The molecule has 1 aromatic carbocycles. The SMILES string of the molecule is CC1(C)[C@H](NC(=O)/C(=N\OC(COc2ccc(-c3cn(CCN)[n+](CCCN)c3)cc2)C(=O)O)c2csc(N)n2)C(=O)N1OS(=O)(=O)O. The molecule has 21 heteroatoms. The van der Waals surface area contributed by atoms with Gasteiger partial charge in [-0.2, -0.15) is 18.2 Å². The van der Waals surface area contributed by atoms with Crippen molar-refractivity contribution in [2.24, 2.45) is 16.6 Å². The zero-order chi connectivity index (χ0) is 35.2. The van der Waals surface area contributed by atoms with Crippen LogP contribution in [0.25, 0.3) is 11.1 Å². The van der Waals surface area contributed by atoms with Crippen LogP contribution in [0.15, 0.2) is 47.2 Å². The molecule has 0 bridgehead atoms. The van der Waals surface area contributed by atoms with E-state index in [1.165, 1.54) is 19.2 Å². The molecule has 1 aliphatic rings. The number of nitrogens with two attached hydrogens (primary N) is 3. The predicted octanol–water partition coefficient (Wildman–Crippen LogP) is -1.12. The third-order valence-electron chi connectivity index (χ3n) is 7.09. The van der Waals surface area contributed by atoms with Crippen LogP contribution in [0.5, 0.6) is 5.75 Å². The summed E-state index contributed by atoms with van der Waals surface area (Å²) in [6, 6.07) is 5.60. The number of hydrogen-bond donors (Lipinski definition) is 6. The van der Waals surface area contributed by atoms with Crippen molar-refractivity contribution in [3.05, 3.63) is 47.7 Å². The van der Waals surface area contributed by atoms with Crippen LogP contribution in [-0.2, 0) is 47.0 Å². The van der Waals surface area contributed by atoms with E-state index < -0.39 is 58.2 Å². The van der Waals surface area contributed by atoms with E-state index in [0.29, 0.717) is 30.4 Å². The zero-order valence-corrected chi connectivity index (χ0v) is 27.5. The topological polar surface area (TPSA) is 281 Å². The number of amides is 2. The van der Waals surface area contributed by atoms with Crippen LogP contribution >= 0.6 is 11.3 Å². The molecule has 0 aliphatic carbocycles. The van der Waals surface area contributed by atoms with Crippen molar-refractivity contribution >= 4 is 50.4 Å². The molecule has 2 amide bonds. The fourth-order valence-electron chi connectivity index (χ4n) is 4.62. The summed E-state index contributed by atoms with van der Waals surface area (Å²) in [7, 11) is -5.02. The first-order valence-corrected chi connectivity index (χ1v) is 16.6. The number of aromatic nitrogens is 3. The second-order valence-electron chi connectivity index (χ2n) is 10.9. The minimum atomic E-state index is -5.02. The van der Waals surface area contributed by atoms with Crippen molar-refractivity contribution in [2.75, 3.05) is 25.4 Å². The number of rotatable bonds is 17. The summed E-state index contributed by atoms with van der Waals surface area (Å²) in [4.78, 5) is 46.9. The van der Waals surface area contributed by atoms with Crippen LogP contribution in [0.2, 0.25) is 0 Å². The lowest BCUT2D eigenvalue weighted by molar-refractivity contribution is -0.775. The van der Waals surface area contributed by atoms with Crippen molar-refractivity contribution < 1.29 is 51.0 Å². The molecule has 2 atom stereocenters. The van der Waals surface area contributed by atoms with Gasteiger partial charge < -0.3 is 37.2 Å². The first-order valence-electron chi connectivity index (χ1n) is 14.4. The van der Waals surface area contributed by atoms with E-state index in [-0.39, 0.29) is 10.8 Å². The number of ether oxygens (including phenoxy) is 1. The van der Waals surface area contributed by atoms with E-state index in [0.717, 1.165) is 35.4 Å². The number of anilines is 1. The molecule has 1 fully saturated rings. The molecule has 48 heavy (non-hydrogen) atoms. The molecule has 3 heterocycles. The summed E-state index contributed by atoms with van der Waals surface area (Å²) < 4.78 is 45.1. The summed E-state index contributed by atoms with van der Waals surface area (Å²) in [5, 5.41) is 17.6. The molecular weight excluding hydrogens is 674 g/mol. The molecule has 3 aromatic rings. The van der Waals surface area contributed by atoms with Crippen LogP contribution in [-0.4, -0.2) is 93.7 Å². The van der Waals surface area contributed by atoms with Crippen molar-refractivity contribution in [1.82, 2.24) is 20.0 Å². The average Bonchev–Trinajstić information content (AvgIpc) is 3.64. The Bertz CT molecular complexity index is 1770. The van der Waals surface area contributed by atoms with E-state index in [1.807, 2.05) is 21.8 Å². The van der Waals surface area contributed by atoms with Gasteiger partial charge in [0.1, 0.15) is 24.1 Å². The van der Waals surface area contributed by atoms with Crippen molar-refractivity contribution in [2.45, 2.75) is 51.0 Å². The zero-order valence-electron chi connectivity index (χ0n) is 25.9. The summed E-state index contributed by atoms with van der Waals surface area (Å²) >= 11 is 0.957. The molecule has 0 saturated carbocycles. The van der Waals surface area contributed by atoms with Gasteiger partial charge in [0.25, 0.3) is 17.9 Å². The molecular formula is C27H36N9O10S2+. The molecule has 9 N–H and O–H groups in total. The minimum Gasteiger partial charge on any atom is -0.489 e. The van der Waals surface area contributed by atoms with E-state index in [9.17, 15) is 27.9 Å². The van der Waals surface area contributed by atoms with E-state index >= 15 is 0 Å². The Morgan fingerprint density at radius 2 is 1.92 bits per heavy atom. The number of oxime groups is 1. The maximum atomic E-state index is 13.2. The van der Waals surface area contributed by atoms with Crippen molar-refractivity contribution in [3.8, 4) is 16.9 Å². The third kappa shape index (κ3) is 8.62. The summed E-state index contributed by atoms with van der Waals surface area (Å²) in [6.07, 6.45) is 3.08. The number of benzene rings is 1. The lowest BCUT2D eigenvalue weighted by Crippen LogP contribution is -2.76. The summed E-state index contributed by atoms with van der Waals surface area (Å²) in [5.41, 5.74) is 16.9. The number of nitrogens with zero attached hydrogens (tertiary/aromatic N) is 5. The number of nitrogens with one attached hydrogen (secondary N) is 1. The number of carbonyl (C=O) groups is 3. The van der Waals surface area contributed by atoms with Gasteiger partial charge in [-0.15, -0.1) is 20.3 Å². The van der Waals surface area contributed by atoms with Crippen LogP contribution in [0, 0.1) is 0 Å². The maximum absolute atomic E-state index is 13.2. The summed E-state index contributed by atoms with van der Waals surface area (Å²) in [5.74, 6) is -3.14. The van der Waals surface area contributed by atoms with Crippen LogP contribution in [0.4, 0.5) is 5.13 Å². The Morgan fingerprint density at radius 3 is 2.48 bits per heavy atom. The van der Waals surface area contributed by atoms with Crippen LogP contribution in [0.3, 0.4) is 0 Å². The number of aliphatic carboxylic acids is 1.